The van der Waals surface area contributed by atoms with Gasteiger partial charge < -0.3 is 0 Å². The first-order chi connectivity index (χ1) is 16.9. The van der Waals surface area contributed by atoms with Crippen LogP contribution < -0.4 is 4.80 Å². The van der Waals surface area contributed by atoms with Gasteiger partial charge in [-0.2, -0.15) is 5.10 Å². The van der Waals surface area contributed by atoms with Gasteiger partial charge >= 0.3 is 0 Å². The summed E-state index contributed by atoms with van der Waals surface area (Å²) < 4.78 is 1.92. The molecule has 2 aromatic heterocycles. The van der Waals surface area contributed by atoms with Crippen LogP contribution in [0.5, 0.6) is 0 Å². The van der Waals surface area contributed by atoms with E-state index < -0.39 is 0 Å². The fourth-order valence-electron chi connectivity index (χ4n) is 3.68. The summed E-state index contributed by atoms with van der Waals surface area (Å²) in [6.07, 6.45) is 4.45. The Labute approximate surface area is 203 Å². The smallest absolute Gasteiger partial charge is 0.206 e. The van der Waals surface area contributed by atoms with Crippen molar-refractivity contribution in [2.24, 2.45) is 10.1 Å². The molecule has 0 aliphatic rings. The van der Waals surface area contributed by atoms with E-state index in [0.29, 0.717) is 6.54 Å². The molecule has 0 saturated carbocycles. The Hall–Kier alpha value is -4.09. The van der Waals surface area contributed by atoms with E-state index in [1.165, 1.54) is 16.7 Å². The van der Waals surface area contributed by atoms with Crippen molar-refractivity contribution < 1.29 is 0 Å². The van der Waals surface area contributed by atoms with Crippen molar-refractivity contribution in [3.8, 4) is 22.4 Å². The highest BCUT2D eigenvalue weighted by molar-refractivity contribution is 7.07. The molecular weight excluding hydrogens is 436 g/mol. The van der Waals surface area contributed by atoms with Crippen LogP contribution >= 0.6 is 11.3 Å². The van der Waals surface area contributed by atoms with Gasteiger partial charge in [-0.15, -0.1) is 11.3 Å². The van der Waals surface area contributed by atoms with Gasteiger partial charge in [-0.05, 0) is 35.2 Å². The SMILES string of the molecule is C(=N\n1c(-c2ccc(-c3ccccc3)cc2)csc1=NCCc1ccccc1)/c1ccccn1. The standard InChI is InChI=1S/C29H24N4S/c1-3-9-23(10-4-1)18-20-31-29-33(32-21-27-13-7-8-19-30-27)28(22-34-29)26-16-14-25(15-17-26)24-11-5-2-6-12-24/h1-17,19,21-22H,18,20H2/b31-29?,32-21+. The van der Waals surface area contributed by atoms with E-state index in [4.69, 9.17) is 10.1 Å². The van der Waals surface area contributed by atoms with Gasteiger partial charge in [-0.1, -0.05) is 91.0 Å². The van der Waals surface area contributed by atoms with Crippen molar-refractivity contribution >= 4 is 17.6 Å². The Kier molecular flexibility index (Phi) is 6.83. The highest BCUT2D eigenvalue weighted by Gasteiger charge is 2.08. The molecule has 0 unspecified atom stereocenters. The van der Waals surface area contributed by atoms with Crippen LogP contribution in [0.3, 0.4) is 0 Å². The molecular formula is C29H24N4S. The molecule has 0 atom stereocenters. The first-order valence-electron chi connectivity index (χ1n) is 11.2. The quantitative estimate of drug-likeness (QED) is 0.263. The lowest BCUT2D eigenvalue weighted by atomic mass is 10.0. The summed E-state index contributed by atoms with van der Waals surface area (Å²) >= 11 is 1.60. The van der Waals surface area contributed by atoms with Crippen molar-refractivity contribution in [2.75, 3.05) is 6.54 Å². The molecule has 5 rings (SSSR count). The zero-order valence-electron chi connectivity index (χ0n) is 18.7. The first-order valence-corrected chi connectivity index (χ1v) is 12.1. The Balaban J connectivity index is 1.47. The zero-order valence-corrected chi connectivity index (χ0v) is 19.5. The monoisotopic (exact) mass is 460 g/mol. The van der Waals surface area contributed by atoms with Gasteiger partial charge in [0, 0.05) is 23.7 Å². The van der Waals surface area contributed by atoms with Crippen LogP contribution in [-0.4, -0.2) is 22.4 Å². The van der Waals surface area contributed by atoms with Crippen LogP contribution in [0.1, 0.15) is 11.3 Å². The fourth-order valence-corrected chi connectivity index (χ4v) is 4.54. The Morgan fingerprint density at radius 2 is 1.41 bits per heavy atom. The molecule has 5 heteroatoms. The van der Waals surface area contributed by atoms with Crippen molar-refractivity contribution in [1.29, 1.82) is 0 Å². The molecule has 3 aromatic carbocycles. The highest BCUT2D eigenvalue weighted by Crippen LogP contribution is 2.25. The molecule has 0 fully saturated rings. The molecule has 0 bridgehead atoms. The van der Waals surface area contributed by atoms with E-state index in [-0.39, 0.29) is 0 Å². The molecule has 0 N–H and O–H groups in total. The molecule has 4 nitrogen and oxygen atoms in total. The van der Waals surface area contributed by atoms with Gasteiger partial charge in [-0.3, -0.25) is 9.98 Å². The number of aromatic nitrogens is 2. The molecule has 34 heavy (non-hydrogen) atoms. The maximum atomic E-state index is 4.87. The zero-order chi connectivity index (χ0) is 23.0. The third-order valence-electron chi connectivity index (χ3n) is 5.46. The second-order valence-corrected chi connectivity index (χ2v) is 8.61. The average Bonchev–Trinajstić information content (AvgIpc) is 3.32. The summed E-state index contributed by atoms with van der Waals surface area (Å²) in [5.41, 5.74) is 6.59. The number of benzene rings is 3. The number of nitrogens with zero attached hydrogens (tertiary/aromatic N) is 4. The van der Waals surface area contributed by atoms with Crippen LogP contribution in [0.25, 0.3) is 22.4 Å². The van der Waals surface area contributed by atoms with Crippen molar-refractivity contribution in [3.63, 3.8) is 0 Å². The lowest BCUT2D eigenvalue weighted by Gasteiger charge is -2.06. The fraction of sp³-hybridized carbons (Fsp3) is 0.0690. The van der Waals surface area contributed by atoms with E-state index in [9.17, 15) is 0 Å². The van der Waals surface area contributed by atoms with E-state index in [2.05, 4.69) is 83.2 Å². The average molecular weight is 461 g/mol. The predicted molar refractivity (Wildman–Crippen MR) is 141 cm³/mol. The van der Waals surface area contributed by atoms with E-state index in [1.807, 2.05) is 35.0 Å². The van der Waals surface area contributed by atoms with Crippen molar-refractivity contribution in [1.82, 2.24) is 9.66 Å². The Bertz CT molecular complexity index is 1420. The summed E-state index contributed by atoms with van der Waals surface area (Å²) in [5.74, 6) is 0. The van der Waals surface area contributed by atoms with E-state index in [1.54, 1.807) is 23.7 Å². The molecule has 166 valence electrons. The summed E-state index contributed by atoms with van der Waals surface area (Å²) in [6, 6.07) is 35.2. The normalized spacial score (nSPS) is 11.8. The van der Waals surface area contributed by atoms with Crippen LogP contribution in [-0.2, 0) is 6.42 Å². The minimum Gasteiger partial charge on any atom is -0.257 e. The van der Waals surface area contributed by atoms with Gasteiger partial charge in [0.1, 0.15) is 0 Å². The highest BCUT2D eigenvalue weighted by atomic mass is 32.1. The third-order valence-corrected chi connectivity index (χ3v) is 6.31. The summed E-state index contributed by atoms with van der Waals surface area (Å²) in [7, 11) is 0. The third kappa shape index (κ3) is 5.27. The molecule has 0 spiro atoms. The maximum Gasteiger partial charge on any atom is 0.206 e. The van der Waals surface area contributed by atoms with Gasteiger partial charge in [0.2, 0.25) is 4.80 Å². The Morgan fingerprint density at radius 3 is 2.15 bits per heavy atom. The minimum absolute atomic E-state index is 0.704. The molecule has 2 heterocycles. The number of hydrogen-bond donors (Lipinski definition) is 0. The molecule has 0 aliphatic carbocycles. The lowest BCUT2D eigenvalue weighted by molar-refractivity contribution is 0.816. The first kappa shape index (κ1) is 21.7. The van der Waals surface area contributed by atoms with Gasteiger partial charge in [0.15, 0.2) is 0 Å². The largest absolute Gasteiger partial charge is 0.257 e. The van der Waals surface area contributed by atoms with Crippen LogP contribution in [0.2, 0.25) is 0 Å². The maximum absolute atomic E-state index is 4.87. The van der Waals surface area contributed by atoms with Crippen LogP contribution in [0.15, 0.2) is 125 Å². The molecule has 0 saturated heterocycles. The number of pyridine rings is 1. The molecule has 0 aliphatic heterocycles. The molecule has 0 radical (unpaired) electrons. The number of hydrogen-bond acceptors (Lipinski definition) is 4. The Morgan fingerprint density at radius 1 is 0.735 bits per heavy atom. The lowest BCUT2D eigenvalue weighted by Crippen LogP contribution is -2.13. The summed E-state index contributed by atoms with van der Waals surface area (Å²) in [6.45, 7) is 0.704. The number of thiazole rings is 1. The van der Waals surface area contributed by atoms with Crippen molar-refractivity contribution in [3.05, 3.63) is 131 Å². The topological polar surface area (TPSA) is 42.5 Å². The molecule has 5 aromatic rings. The van der Waals surface area contributed by atoms with Crippen LogP contribution in [0.4, 0.5) is 0 Å². The summed E-state index contributed by atoms with van der Waals surface area (Å²) in [4.78, 5) is 10.1. The van der Waals surface area contributed by atoms with Gasteiger partial charge in [0.05, 0.1) is 17.6 Å². The van der Waals surface area contributed by atoms with Gasteiger partial charge in [0.25, 0.3) is 0 Å². The minimum atomic E-state index is 0.704. The number of rotatable bonds is 7. The predicted octanol–water partition coefficient (Wildman–Crippen LogP) is 6.30. The summed E-state index contributed by atoms with van der Waals surface area (Å²) in [5, 5.41) is 6.88. The molecule has 0 amide bonds. The van der Waals surface area contributed by atoms with E-state index >= 15 is 0 Å². The van der Waals surface area contributed by atoms with E-state index in [0.717, 1.165) is 28.2 Å². The second-order valence-electron chi connectivity index (χ2n) is 7.78. The second kappa shape index (κ2) is 10.7. The van der Waals surface area contributed by atoms with Gasteiger partial charge in [-0.25, -0.2) is 4.68 Å². The van der Waals surface area contributed by atoms with Crippen LogP contribution in [0, 0.1) is 0 Å². The van der Waals surface area contributed by atoms with Crippen molar-refractivity contribution in [2.45, 2.75) is 6.42 Å².